The summed E-state index contributed by atoms with van der Waals surface area (Å²) in [6, 6.07) is 23.5. The molecule has 4 heteroatoms. The first-order chi connectivity index (χ1) is 14.8. The van der Waals surface area contributed by atoms with Crippen LogP contribution in [0.5, 0.6) is 11.5 Å². The molecule has 0 unspecified atom stereocenters. The summed E-state index contributed by atoms with van der Waals surface area (Å²) in [6.45, 7) is 0.286. The number of allylic oxidation sites excluding steroid dienone is 2. The molecule has 4 nitrogen and oxygen atoms in total. The number of hydrogen-bond acceptors (Lipinski definition) is 4. The van der Waals surface area contributed by atoms with Gasteiger partial charge in [0.1, 0.15) is 0 Å². The highest BCUT2D eigenvalue weighted by atomic mass is 16.7. The fourth-order valence-corrected chi connectivity index (χ4v) is 4.78. The molecular weight excluding hydrogens is 372 g/mol. The second-order valence-electron chi connectivity index (χ2n) is 8.03. The topological polar surface area (TPSA) is 42.9 Å². The molecule has 0 saturated heterocycles. The van der Waals surface area contributed by atoms with E-state index >= 15 is 0 Å². The van der Waals surface area contributed by atoms with E-state index in [0.717, 1.165) is 29.2 Å². The van der Waals surface area contributed by atoms with Crippen LogP contribution >= 0.6 is 0 Å². The molecule has 0 bridgehead atoms. The average molecular weight is 394 g/mol. The number of hydrogen-bond donors (Lipinski definition) is 1. The highest BCUT2D eigenvalue weighted by Crippen LogP contribution is 2.49. The number of para-hydroxylation sites is 1. The van der Waals surface area contributed by atoms with Crippen molar-refractivity contribution < 1.29 is 9.47 Å². The van der Waals surface area contributed by atoms with Crippen LogP contribution < -0.4 is 14.8 Å². The van der Waals surface area contributed by atoms with Gasteiger partial charge in [0, 0.05) is 17.8 Å². The number of anilines is 1. The predicted molar refractivity (Wildman–Crippen MR) is 119 cm³/mol. The minimum absolute atomic E-state index is 0.286. The van der Waals surface area contributed by atoms with Crippen molar-refractivity contribution in [3.8, 4) is 11.5 Å². The fraction of sp³-hybridized carbons (Fsp3) is 0.192. The van der Waals surface area contributed by atoms with Gasteiger partial charge in [-0.15, -0.1) is 0 Å². The zero-order valence-corrected chi connectivity index (χ0v) is 16.5. The Balaban J connectivity index is 1.23. The van der Waals surface area contributed by atoms with Gasteiger partial charge >= 0.3 is 0 Å². The van der Waals surface area contributed by atoms with Gasteiger partial charge in [-0.2, -0.15) is 0 Å². The summed E-state index contributed by atoms with van der Waals surface area (Å²) >= 11 is 0. The van der Waals surface area contributed by atoms with E-state index in [1.807, 2.05) is 24.4 Å². The third kappa shape index (κ3) is 2.96. The summed E-state index contributed by atoms with van der Waals surface area (Å²) in [6.07, 6.45) is 7.68. The Morgan fingerprint density at radius 3 is 2.73 bits per heavy atom. The molecule has 3 aliphatic rings. The molecule has 1 N–H and O–H groups in total. The number of fused-ring (bicyclic) bond motifs is 4. The fourth-order valence-electron chi connectivity index (χ4n) is 4.78. The predicted octanol–water partition coefficient (Wildman–Crippen LogP) is 5.99. The van der Waals surface area contributed by atoms with Crippen LogP contribution in [0.3, 0.4) is 0 Å². The molecule has 148 valence electrons. The molecule has 0 amide bonds. The van der Waals surface area contributed by atoms with Crippen LogP contribution in [-0.4, -0.2) is 13.0 Å². The highest BCUT2D eigenvalue weighted by molar-refractivity contribution is 5.83. The normalized spacial score (nSPS) is 23.3. The molecule has 2 aliphatic heterocycles. The highest BCUT2D eigenvalue weighted by Gasteiger charge is 2.37. The number of benzene rings is 3. The molecular formula is C26H22N2O2. The molecule has 3 aromatic rings. The first-order valence-corrected chi connectivity index (χ1v) is 10.4. The Labute approximate surface area is 175 Å². The maximum Gasteiger partial charge on any atom is 0.231 e. The van der Waals surface area contributed by atoms with Gasteiger partial charge in [0.15, 0.2) is 11.5 Å². The third-order valence-electron chi connectivity index (χ3n) is 6.28. The zero-order valence-electron chi connectivity index (χ0n) is 16.5. The van der Waals surface area contributed by atoms with Crippen molar-refractivity contribution in [2.75, 3.05) is 12.1 Å². The standard InChI is InChI=1S/C26H22N2O2/c1-2-7-23-21(4-1)20-5-3-6-22(20)26(28-23)18-9-11-19(12-10-18)27-15-17-8-13-24-25(14-17)30-16-29-24/h1-5,7-15,20,22,26,28H,6,16H2/t20-,22+,26-/m1/s1. The Morgan fingerprint density at radius 2 is 1.80 bits per heavy atom. The minimum Gasteiger partial charge on any atom is -0.454 e. The van der Waals surface area contributed by atoms with Crippen molar-refractivity contribution in [2.24, 2.45) is 10.9 Å². The molecule has 0 radical (unpaired) electrons. The summed E-state index contributed by atoms with van der Waals surface area (Å²) in [5, 5.41) is 3.78. The molecule has 3 aromatic carbocycles. The lowest BCUT2D eigenvalue weighted by Gasteiger charge is -2.37. The molecule has 30 heavy (non-hydrogen) atoms. The van der Waals surface area contributed by atoms with Crippen molar-refractivity contribution in [1.29, 1.82) is 0 Å². The minimum atomic E-state index is 0.286. The number of nitrogens with one attached hydrogen (secondary N) is 1. The van der Waals surface area contributed by atoms with Crippen molar-refractivity contribution >= 4 is 17.6 Å². The largest absolute Gasteiger partial charge is 0.454 e. The molecule has 0 saturated carbocycles. The second kappa shape index (κ2) is 7.06. The van der Waals surface area contributed by atoms with Crippen molar-refractivity contribution in [3.63, 3.8) is 0 Å². The van der Waals surface area contributed by atoms with Crippen LogP contribution in [-0.2, 0) is 0 Å². The monoisotopic (exact) mass is 394 g/mol. The molecule has 6 rings (SSSR count). The molecule has 2 heterocycles. The van der Waals surface area contributed by atoms with Gasteiger partial charge in [-0.05, 0) is 65.4 Å². The van der Waals surface area contributed by atoms with Gasteiger partial charge in [-0.3, -0.25) is 4.99 Å². The molecule has 1 aliphatic carbocycles. The Bertz CT molecular complexity index is 1150. The first kappa shape index (κ1) is 17.3. The smallest absolute Gasteiger partial charge is 0.231 e. The Kier molecular flexibility index (Phi) is 4.08. The summed E-state index contributed by atoms with van der Waals surface area (Å²) in [5.41, 5.74) is 5.91. The maximum atomic E-state index is 5.44. The van der Waals surface area contributed by atoms with Gasteiger partial charge in [-0.25, -0.2) is 0 Å². The van der Waals surface area contributed by atoms with Crippen LogP contribution in [0.15, 0.2) is 83.9 Å². The van der Waals surface area contributed by atoms with E-state index in [9.17, 15) is 0 Å². The van der Waals surface area contributed by atoms with E-state index in [-0.39, 0.29) is 6.79 Å². The van der Waals surface area contributed by atoms with E-state index < -0.39 is 0 Å². The van der Waals surface area contributed by atoms with Gasteiger partial charge in [-0.1, -0.05) is 42.5 Å². The SMILES string of the molecule is C1=C[C@@H]2c3ccccc3N[C@H](c3ccc(N=Cc4ccc5c(c4)OCO5)cc3)[C@H]2C1. The summed E-state index contributed by atoms with van der Waals surface area (Å²) < 4.78 is 10.8. The van der Waals surface area contributed by atoms with Crippen LogP contribution in [0.25, 0.3) is 0 Å². The van der Waals surface area contributed by atoms with Crippen molar-refractivity contribution in [2.45, 2.75) is 18.4 Å². The van der Waals surface area contributed by atoms with Crippen LogP contribution in [0, 0.1) is 5.92 Å². The lowest BCUT2D eigenvalue weighted by Crippen LogP contribution is -2.28. The third-order valence-corrected chi connectivity index (χ3v) is 6.28. The first-order valence-electron chi connectivity index (χ1n) is 10.4. The maximum absolute atomic E-state index is 5.44. The average Bonchev–Trinajstić information content (AvgIpc) is 3.47. The molecule has 0 fully saturated rings. The Hall–Kier alpha value is -3.53. The van der Waals surface area contributed by atoms with Gasteiger partial charge in [0.25, 0.3) is 0 Å². The van der Waals surface area contributed by atoms with Crippen LogP contribution in [0.2, 0.25) is 0 Å². The van der Waals surface area contributed by atoms with E-state index in [0.29, 0.717) is 17.9 Å². The second-order valence-corrected chi connectivity index (χ2v) is 8.03. The van der Waals surface area contributed by atoms with E-state index in [2.05, 4.69) is 71.0 Å². The number of ether oxygens (including phenoxy) is 2. The number of nitrogens with zero attached hydrogens (tertiary/aromatic N) is 1. The number of aliphatic imine (C=N–C) groups is 1. The van der Waals surface area contributed by atoms with Gasteiger partial charge in [0.2, 0.25) is 6.79 Å². The van der Waals surface area contributed by atoms with E-state index in [1.54, 1.807) is 0 Å². The van der Waals surface area contributed by atoms with Crippen LogP contribution in [0.1, 0.15) is 35.1 Å². The lowest BCUT2D eigenvalue weighted by atomic mass is 9.77. The quantitative estimate of drug-likeness (QED) is 0.438. The summed E-state index contributed by atoms with van der Waals surface area (Å²) in [7, 11) is 0. The van der Waals surface area contributed by atoms with Crippen LogP contribution in [0.4, 0.5) is 11.4 Å². The van der Waals surface area contributed by atoms with Gasteiger partial charge < -0.3 is 14.8 Å². The lowest BCUT2D eigenvalue weighted by molar-refractivity contribution is 0.174. The van der Waals surface area contributed by atoms with Crippen molar-refractivity contribution in [1.82, 2.24) is 0 Å². The molecule has 3 atom stereocenters. The molecule has 0 aromatic heterocycles. The van der Waals surface area contributed by atoms with Gasteiger partial charge in [0.05, 0.1) is 11.7 Å². The Morgan fingerprint density at radius 1 is 0.933 bits per heavy atom. The summed E-state index contributed by atoms with van der Waals surface area (Å²) in [4.78, 5) is 4.64. The summed E-state index contributed by atoms with van der Waals surface area (Å²) in [5.74, 6) is 2.62. The van der Waals surface area contributed by atoms with Crippen molar-refractivity contribution in [3.05, 3.63) is 95.6 Å². The van der Waals surface area contributed by atoms with E-state index in [4.69, 9.17) is 9.47 Å². The number of rotatable bonds is 3. The zero-order chi connectivity index (χ0) is 19.9. The van der Waals surface area contributed by atoms with E-state index in [1.165, 1.54) is 16.8 Å². The molecule has 0 spiro atoms.